The average molecular weight is 283 g/mol. The second-order valence-electron chi connectivity index (χ2n) is 6.51. The Balaban J connectivity index is 2.85. The van der Waals surface area contributed by atoms with Crippen LogP contribution in [0.25, 0.3) is 0 Å². The van der Waals surface area contributed by atoms with Crippen molar-refractivity contribution < 1.29 is 4.79 Å². The lowest BCUT2D eigenvalue weighted by Crippen LogP contribution is -2.55. The van der Waals surface area contributed by atoms with Gasteiger partial charge >= 0.3 is 0 Å². The van der Waals surface area contributed by atoms with Crippen molar-refractivity contribution in [1.29, 1.82) is 0 Å². The quantitative estimate of drug-likeness (QED) is 0.776. The van der Waals surface area contributed by atoms with Gasteiger partial charge in [0.15, 0.2) is 0 Å². The molecule has 0 saturated carbocycles. The molecule has 0 aromatic carbocycles. The largest absolute Gasteiger partial charge is 0.338 e. The molecule has 0 spiro atoms. The van der Waals surface area contributed by atoms with Gasteiger partial charge in [-0.2, -0.15) is 0 Å². The van der Waals surface area contributed by atoms with E-state index in [2.05, 4.69) is 50.0 Å². The lowest BCUT2D eigenvalue weighted by atomic mass is 9.75. The highest BCUT2D eigenvalue weighted by atomic mass is 16.2. The molecular formula is C16H33N3O. The van der Waals surface area contributed by atoms with Gasteiger partial charge in [0.25, 0.3) is 0 Å². The van der Waals surface area contributed by atoms with Gasteiger partial charge in [-0.3, -0.25) is 4.79 Å². The van der Waals surface area contributed by atoms with Gasteiger partial charge in [-0.15, -0.1) is 0 Å². The zero-order chi connectivity index (χ0) is 15.2. The van der Waals surface area contributed by atoms with Gasteiger partial charge in [0.2, 0.25) is 5.91 Å². The molecule has 1 aliphatic rings. The first-order chi connectivity index (χ1) is 9.46. The summed E-state index contributed by atoms with van der Waals surface area (Å²) in [5.74, 6) is 0.364. The van der Waals surface area contributed by atoms with Gasteiger partial charge in [-0.25, -0.2) is 0 Å². The summed E-state index contributed by atoms with van der Waals surface area (Å²) < 4.78 is 0. The van der Waals surface area contributed by atoms with Gasteiger partial charge in [-0.1, -0.05) is 13.3 Å². The molecule has 1 heterocycles. The maximum atomic E-state index is 13.1. The molecule has 1 saturated heterocycles. The van der Waals surface area contributed by atoms with Crippen LogP contribution in [0.2, 0.25) is 0 Å². The van der Waals surface area contributed by atoms with Crippen molar-refractivity contribution in [3.05, 3.63) is 0 Å². The van der Waals surface area contributed by atoms with Crippen LogP contribution in [0.4, 0.5) is 0 Å². The molecule has 1 aliphatic heterocycles. The Kier molecular flexibility index (Phi) is 6.96. The third-order valence-corrected chi connectivity index (χ3v) is 4.42. The average Bonchev–Trinajstić information content (AvgIpc) is 2.40. The van der Waals surface area contributed by atoms with Crippen molar-refractivity contribution in [2.24, 2.45) is 5.41 Å². The number of hydrogen-bond donors (Lipinski definition) is 1. The van der Waals surface area contributed by atoms with E-state index >= 15 is 0 Å². The standard InChI is InChI=1S/C16H33N3O/c1-6-9-16(10-8-11-17-13-16)15(20)19(7-2)14(3)12-18(4)5/h14,17H,6-13H2,1-5H3. The summed E-state index contributed by atoms with van der Waals surface area (Å²) in [5, 5.41) is 3.44. The fourth-order valence-corrected chi connectivity index (χ4v) is 3.54. The van der Waals surface area contributed by atoms with Crippen molar-refractivity contribution >= 4 is 5.91 Å². The zero-order valence-electron chi connectivity index (χ0n) is 14.0. The molecule has 1 rings (SSSR count). The molecule has 0 radical (unpaired) electrons. The van der Waals surface area contributed by atoms with Crippen molar-refractivity contribution in [2.45, 2.75) is 52.5 Å². The van der Waals surface area contributed by atoms with Crippen LogP contribution in [0.3, 0.4) is 0 Å². The summed E-state index contributed by atoms with van der Waals surface area (Å²) in [7, 11) is 4.14. The summed E-state index contributed by atoms with van der Waals surface area (Å²) in [6.07, 6.45) is 4.24. The summed E-state index contributed by atoms with van der Waals surface area (Å²) in [6, 6.07) is 0.276. The predicted molar refractivity (Wildman–Crippen MR) is 84.8 cm³/mol. The number of rotatable bonds is 7. The Morgan fingerprint density at radius 3 is 2.50 bits per heavy atom. The van der Waals surface area contributed by atoms with Crippen LogP contribution in [0.15, 0.2) is 0 Å². The van der Waals surface area contributed by atoms with Gasteiger partial charge in [0, 0.05) is 25.7 Å². The van der Waals surface area contributed by atoms with E-state index in [0.29, 0.717) is 5.91 Å². The topological polar surface area (TPSA) is 35.6 Å². The highest BCUT2D eigenvalue weighted by Gasteiger charge is 2.41. The molecule has 1 fully saturated rings. The van der Waals surface area contributed by atoms with Crippen LogP contribution in [0.5, 0.6) is 0 Å². The second-order valence-corrected chi connectivity index (χ2v) is 6.51. The monoisotopic (exact) mass is 283 g/mol. The molecule has 1 N–H and O–H groups in total. The molecule has 0 aromatic rings. The van der Waals surface area contributed by atoms with Crippen molar-refractivity contribution in [1.82, 2.24) is 15.1 Å². The van der Waals surface area contributed by atoms with E-state index in [-0.39, 0.29) is 11.5 Å². The molecule has 1 amide bonds. The van der Waals surface area contributed by atoms with Gasteiger partial charge < -0.3 is 15.1 Å². The van der Waals surface area contributed by atoms with Gasteiger partial charge in [-0.05, 0) is 53.8 Å². The Hall–Kier alpha value is -0.610. The van der Waals surface area contributed by atoms with E-state index in [1.807, 2.05) is 0 Å². The van der Waals surface area contributed by atoms with Crippen LogP contribution in [-0.4, -0.2) is 62.0 Å². The number of likely N-dealkylation sites (N-methyl/N-ethyl adjacent to an activating group) is 2. The predicted octanol–water partition coefficient (Wildman–Crippen LogP) is 1.95. The van der Waals surface area contributed by atoms with E-state index in [9.17, 15) is 4.79 Å². The minimum Gasteiger partial charge on any atom is -0.338 e. The Morgan fingerprint density at radius 2 is 2.05 bits per heavy atom. The molecular weight excluding hydrogens is 250 g/mol. The maximum Gasteiger partial charge on any atom is 0.230 e. The minimum atomic E-state index is -0.163. The third kappa shape index (κ3) is 4.19. The molecule has 0 aromatic heterocycles. The highest BCUT2D eigenvalue weighted by molar-refractivity contribution is 5.83. The zero-order valence-corrected chi connectivity index (χ0v) is 14.0. The normalized spacial score (nSPS) is 24.7. The van der Waals surface area contributed by atoms with E-state index in [1.165, 1.54) is 0 Å². The molecule has 2 unspecified atom stereocenters. The van der Waals surface area contributed by atoms with E-state index < -0.39 is 0 Å². The van der Waals surface area contributed by atoms with E-state index in [4.69, 9.17) is 0 Å². The number of nitrogens with one attached hydrogen (secondary N) is 1. The fourth-order valence-electron chi connectivity index (χ4n) is 3.54. The SMILES string of the molecule is CCCC1(C(=O)N(CC)C(C)CN(C)C)CCCNC1. The molecule has 0 aliphatic carbocycles. The number of carbonyl (C=O) groups is 1. The molecule has 4 heteroatoms. The fraction of sp³-hybridized carbons (Fsp3) is 0.938. The van der Waals surface area contributed by atoms with Crippen LogP contribution in [-0.2, 0) is 4.79 Å². The number of nitrogens with zero attached hydrogens (tertiary/aromatic N) is 2. The number of hydrogen-bond acceptors (Lipinski definition) is 3. The molecule has 2 atom stereocenters. The second kappa shape index (κ2) is 7.99. The minimum absolute atomic E-state index is 0.163. The van der Waals surface area contributed by atoms with E-state index in [0.717, 1.165) is 51.9 Å². The van der Waals surface area contributed by atoms with Crippen molar-refractivity contribution in [3.8, 4) is 0 Å². The summed E-state index contributed by atoms with van der Waals surface area (Å²) in [4.78, 5) is 17.4. The lowest BCUT2D eigenvalue weighted by Gasteiger charge is -2.42. The van der Waals surface area contributed by atoms with Crippen LogP contribution >= 0.6 is 0 Å². The van der Waals surface area contributed by atoms with Gasteiger partial charge in [0.05, 0.1) is 5.41 Å². The first kappa shape index (κ1) is 17.4. The van der Waals surface area contributed by atoms with Gasteiger partial charge in [0.1, 0.15) is 0 Å². The Labute approximate surface area is 124 Å². The van der Waals surface area contributed by atoms with E-state index in [1.54, 1.807) is 0 Å². The maximum absolute atomic E-state index is 13.1. The van der Waals surface area contributed by atoms with Crippen LogP contribution in [0, 0.1) is 5.41 Å². The van der Waals surface area contributed by atoms with Crippen LogP contribution in [0.1, 0.15) is 46.5 Å². The number of carbonyl (C=O) groups excluding carboxylic acids is 1. The summed E-state index contributed by atoms with van der Waals surface area (Å²) in [5.41, 5.74) is -0.163. The summed E-state index contributed by atoms with van der Waals surface area (Å²) >= 11 is 0. The third-order valence-electron chi connectivity index (χ3n) is 4.42. The molecule has 4 nitrogen and oxygen atoms in total. The smallest absolute Gasteiger partial charge is 0.230 e. The lowest BCUT2D eigenvalue weighted by molar-refractivity contribution is -0.146. The summed E-state index contributed by atoms with van der Waals surface area (Å²) in [6.45, 7) is 10.1. The van der Waals surface area contributed by atoms with Crippen molar-refractivity contribution in [2.75, 3.05) is 40.3 Å². The molecule has 0 bridgehead atoms. The molecule has 20 heavy (non-hydrogen) atoms. The Bertz CT molecular complexity index is 293. The Morgan fingerprint density at radius 1 is 1.35 bits per heavy atom. The first-order valence-corrected chi connectivity index (χ1v) is 8.13. The van der Waals surface area contributed by atoms with Crippen LogP contribution < -0.4 is 5.32 Å². The number of piperidine rings is 1. The number of amides is 1. The van der Waals surface area contributed by atoms with Crippen molar-refractivity contribution in [3.63, 3.8) is 0 Å². The first-order valence-electron chi connectivity index (χ1n) is 8.13. The molecule has 118 valence electrons. The highest BCUT2D eigenvalue weighted by Crippen LogP contribution is 2.34.